The predicted molar refractivity (Wildman–Crippen MR) is 97.5 cm³/mol. The van der Waals surface area contributed by atoms with Gasteiger partial charge in [-0.3, -0.25) is 0 Å². The molecule has 0 atom stereocenters. The van der Waals surface area contributed by atoms with Gasteiger partial charge in [-0.25, -0.2) is 14.4 Å². The highest BCUT2D eigenvalue weighted by Crippen LogP contribution is 2.38. The molecule has 6 heteroatoms. The van der Waals surface area contributed by atoms with Crippen molar-refractivity contribution in [3.63, 3.8) is 0 Å². The van der Waals surface area contributed by atoms with E-state index in [4.69, 9.17) is 11.6 Å². The van der Waals surface area contributed by atoms with Crippen LogP contribution < -0.4 is 5.32 Å². The number of hydrogen-bond donors (Lipinski definition) is 1. The number of aromatic nitrogens is 2. The van der Waals surface area contributed by atoms with Crippen LogP contribution in [0, 0.1) is 5.82 Å². The van der Waals surface area contributed by atoms with Crippen molar-refractivity contribution < 1.29 is 4.39 Å². The molecule has 0 saturated carbocycles. The Kier molecular flexibility index (Phi) is 3.88. The number of rotatable bonds is 3. The number of anilines is 2. The molecule has 0 aliphatic heterocycles. The first-order valence-corrected chi connectivity index (χ1v) is 8.48. The zero-order valence-corrected chi connectivity index (χ0v) is 13.9. The fraction of sp³-hybridized carbons (Fsp3) is 0. The van der Waals surface area contributed by atoms with Crippen molar-refractivity contribution in [2.45, 2.75) is 0 Å². The topological polar surface area (TPSA) is 37.8 Å². The molecule has 0 aliphatic carbocycles. The molecule has 0 radical (unpaired) electrons. The Balaban J connectivity index is 1.86. The second-order valence-electron chi connectivity index (χ2n) is 5.16. The molecule has 3 nitrogen and oxygen atoms in total. The van der Waals surface area contributed by atoms with Gasteiger partial charge in [-0.05, 0) is 29.8 Å². The average molecular weight is 356 g/mol. The summed E-state index contributed by atoms with van der Waals surface area (Å²) in [5.74, 6) is 0.414. The summed E-state index contributed by atoms with van der Waals surface area (Å²) in [5.41, 5.74) is 2.65. The lowest BCUT2D eigenvalue weighted by Crippen LogP contribution is -1.96. The van der Waals surface area contributed by atoms with Gasteiger partial charge in [0.1, 0.15) is 22.8 Å². The van der Waals surface area contributed by atoms with E-state index in [-0.39, 0.29) is 5.82 Å². The van der Waals surface area contributed by atoms with Gasteiger partial charge in [0.25, 0.3) is 0 Å². The fourth-order valence-corrected chi connectivity index (χ4v) is 3.60. The molecule has 4 aromatic rings. The van der Waals surface area contributed by atoms with E-state index in [1.54, 1.807) is 12.1 Å². The van der Waals surface area contributed by atoms with Gasteiger partial charge in [0.05, 0.1) is 16.1 Å². The third-order valence-corrected chi connectivity index (χ3v) is 4.87. The molecule has 0 unspecified atom stereocenters. The molecule has 24 heavy (non-hydrogen) atoms. The number of halogens is 2. The highest BCUT2D eigenvalue weighted by atomic mass is 35.5. The highest BCUT2D eigenvalue weighted by Gasteiger charge is 2.14. The van der Waals surface area contributed by atoms with Gasteiger partial charge in [0, 0.05) is 10.9 Å². The van der Waals surface area contributed by atoms with Crippen LogP contribution in [-0.4, -0.2) is 9.97 Å². The van der Waals surface area contributed by atoms with Crippen molar-refractivity contribution in [3.05, 3.63) is 71.1 Å². The number of fused-ring (bicyclic) bond motifs is 1. The van der Waals surface area contributed by atoms with Crippen LogP contribution in [0.3, 0.4) is 0 Å². The minimum atomic E-state index is -0.260. The van der Waals surface area contributed by atoms with E-state index >= 15 is 0 Å². The SMILES string of the molecule is Fc1ccc(-c2csc3ncnc(Nc4ccccc4Cl)c23)cc1. The van der Waals surface area contributed by atoms with Crippen molar-refractivity contribution in [3.8, 4) is 11.1 Å². The summed E-state index contributed by atoms with van der Waals surface area (Å²) < 4.78 is 13.2. The van der Waals surface area contributed by atoms with Crippen LogP contribution in [0.15, 0.2) is 60.2 Å². The summed E-state index contributed by atoms with van der Waals surface area (Å²) in [7, 11) is 0. The molecule has 0 aliphatic rings. The summed E-state index contributed by atoms with van der Waals surface area (Å²) in [6.07, 6.45) is 1.52. The summed E-state index contributed by atoms with van der Waals surface area (Å²) in [6.45, 7) is 0. The molecule has 2 aromatic heterocycles. The Morgan fingerprint density at radius 1 is 1.00 bits per heavy atom. The largest absolute Gasteiger partial charge is 0.338 e. The van der Waals surface area contributed by atoms with E-state index < -0.39 is 0 Å². The Hall–Kier alpha value is -2.50. The average Bonchev–Trinajstić information content (AvgIpc) is 3.03. The summed E-state index contributed by atoms with van der Waals surface area (Å²) >= 11 is 7.75. The van der Waals surface area contributed by atoms with Crippen LogP contribution in [0.5, 0.6) is 0 Å². The molecular formula is C18H11ClFN3S. The Bertz CT molecular complexity index is 1010. The summed E-state index contributed by atoms with van der Waals surface area (Å²) in [5, 5.41) is 6.79. The molecule has 118 valence electrons. The first-order valence-electron chi connectivity index (χ1n) is 7.22. The first kappa shape index (κ1) is 15.1. The molecular weight excluding hydrogens is 345 g/mol. The quantitative estimate of drug-likeness (QED) is 0.497. The van der Waals surface area contributed by atoms with E-state index in [1.165, 1.54) is 29.8 Å². The van der Waals surface area contributed by atoms with E-state index in [0.29, 0.717) is 10.8 Å². The maximum Gasteiger partial charge on any atom is 0.143 e. The number of hydrogen-bond acceptors (Lipinski definition) is 4. The van der Waals surface area contributed by atoms with Crippen LogP contribution in [0.2, 0.25) is 5.02 Å². The third kappa shape index (κ3) is 2.72. The lowest BCUT2D eigenvalue weighted by molar-refractivity contribution is 0.628. The molecule has 1 N–H and O–H groups in total. The van der Waals surface area contributed by atoms with Gasteiger partial charge in [0.15, 0.2) is 0 Å². The maximum atomic E-state index is 13.2. The minimum Gasteiger partial charge on any atom is -0.338 e. The number of benzene rings is 2. The lowest BCUT2D eigenvalue weighted by atomic mass is 10.1. The zero-order chi connectivity index (χ0) is 16.5. The normalized spacial score (nSPS) is 10.9. The highest BCUT2D eigenvalue weighted by molar-refractivity contribution is 7.17. The molecule has 0 bridgehead atoms. The molecule has 2 heterocycles. The third-order valence-electron chi connectivity index (χ3n) is 3.65. The Morgan fingerprint density at radius 3 is 2.58 bits per heavy atom. The summed E-state index contributed by atoms with van der Waals surface area (Å²) in [4.78, 5) is 9.56. The molecule has 4 rings (SSSR count). The van der Waals surface area contributed by atoms with Crippen LogP contribution in [0.25, 0.3) is 21.3 Å². The van der Waals surface area contributed by atoms with E-state index in [1.807, 2.05) is 29.6 Å². The zero-order valence-electron chi connectivity index (χ0n) is 12.3. The number of nitrogens with zero attached hydrogens (tertiary/aromatic N) is 2. The molecule has 0 fully saturated rings. The van der Waals surface area contributed by atoms with Crippen LogP contribution in [-0.2, 0) is 0 Å². The number of para-hydroxylation sites is 1. The van der Waals surface area contributed by atoms with E-state index in [0.717, 1.165) is 27.0 Å². The lowest BCUT2D eigenvalue weighted by Gasteiger charge is -2.09. The fourth-order valence-electron chi connectivity index (χ4n) is 2.50. The first-order chi connectivity index (χ1) is 11.7. The van der Waals surface area contributed by atoms with E-state index in [2.05, 4.69) is 15.3 Å². The van der Waals surface area contributed by atoms with Crippen molar-refractivity contribution >= 4 is 44.7 Å². The minimum absolute atomic E-state index is 0.260. The molecule has 0 saturated heterocycles. The van der Waals surface area contributed by atoms with E-state index in [9.17, 15) is 4.39 Å². The van der Waals surface area contributed by atoms with Gasteiger partial charge >= 0.3 is 0 Å². The second-order valence-corrected chi connectivity index (χ2v) is 6.43. The van der Waals surface area contributed by atoms with Crippen molar-refractivity contribution in [1.82, 2.24) is 9.97 Å². The molecule has 0 spiro atoms. The predicted octanol–water partition coefficient (Wildman–Crippen LogP) is 5.89. The van der Waals surface area contributed by atoms with Gasteiger partial charge in [0.2, 0.25) is 0 Å². The van der Waals surface area contributed by atoms with Crippen LogP contribution >= 0.6 is 22.9 Å². The summed E-state index contributed by atoms with van der Waals surface area (Å²) in [6, 6.07) is 13.9. The van der Waals surface area contributed by atoms with Crippen molar-refractivity contribution in [1.29, 1.82) is 0 Å². The number of nitrogens with one attached hydrogen (secondary N) is 1. The Labute approximate surface area is 146 Å². The Morgan fingerprint density at radius 2 is 1.79 bits per heavy atom. The smallest absolute Gasteiger partial charge is 0.143 e. The van der Waals surface area contributed by atoms with Gasteiger partial charge in [-0.15, -0.1) is 11.3 Å². The van der Waals surface area contributed by atoms with Gasteiger partial charge < -0.3 is 5.32 Å². The maximum absolute atomic E-state index is 13.2. The second kappa shape index (κ2) is 6.19. The van der Waals surface area contributed by atoms with Crippen LogP contribution in [0.4, 0.5) is 15.9 Å². The van der Waals surface area contributed by atoms with Gasteiger partial charge in [-0.1, -0.05) is 35.9 Å². The standard InChI is InChI=1S/C18H11ClFN3S/c19-14-3-1-2-4-15(14)23-17-16-13(9-24-18(16)22-10-21-17)11-5-7-12(20)8-6-11/h1-10H,(H,21,22,23). The van der Waals surface area contributed by atoms with Crippen molar-refractivity contribution in [2.24, 2.45) is 0 Å². The van der Waals surface area contributed by atoms with Crippen LogP contribution in [0.1, 0.15) is 0 Å². The van der Waals surface area contributed by atoms with Gasteiger partial charge in [-0.2, -0.15) is 0 Å². The molecule has 0 amide bonds. The number of thiophene rings is 1. The van der Waals surface area contributed by atoms with Crippen molar-refractivity contribution in [2.75, 3.05) is 5.32 Å². The molecule has 2 aromatic carbocycles. The monoisotopic (exact) mass is 355 g/mol.